The summed E-state index contributed by atoms with van der Waals surface area (Å²) in [5.74, 6) is -3.28. The van der Waals surface area contributed by atoms with Crippen LogP contribution in [-0.4, -0.2) is 38.2 Å². The van der Waals surface area contributed by atoms with Crippen molar-refractivity contribution in [3.63, 3.8) is 0 Å². The van der Waals surface area contributed by atoms with Crippen molar-refractivity contribution in [2.24, 2.45) is 5.92 Å². The summed E-state index contributed by atoms with van der Waals surface area (Å²) in [4.78, 5) is 25.8. The molecule has 1 aromatic heterocycles. The van der Waals surface area contributed by atoms with E-state index in [0.717, 1.165) is 27.9 Å². The number of halogens is 7. The smallest absolute Gasteiger partial charge is 0.435 e. The molecule has 1 fully saturated rings. The largest absolute Gasteiger partial charge is 0.481 e. The monoisotopic (exact) mass is 603 g/mol. The van der Waals surface area contributed by atoms with Gasteiger partial charge in [0.05, 0.1) is 24.1 Å². The fraction of sp³-hybridized carbons (Fsp3) is 0.370. The third-order valence-corrected chi connectivity index (χ3v) is 7.58. The quantitative estimate of drug-likeness (QED) is 0.270. The van der Waals surface area contributed by atoms with Crippen LogP contribution in [0.25, 0.3) is 0 Å². The van der Waals surface area contributed by atoms with Crippen LogP contribution < -0.4 is 0 Å². The molecule has 1 atom stereocenters. The number of rotatable bonds is 8. The van der Waals surface area contributed by atoms with Crippen molar-refractivity contribution in [3.05, 3.63) is 86.9 Å². The molecule has 4 rings (SSSR count). The van der Waals surface area contributed by atoms with E-state index in [1.807, 2.05) is 0 Å². The Morgan fingerprint density at radius 1 is 1.05 bits per heavy atom. The normalized spacial score (nSPS) is 18.4. The van der Waals surface area contributed by atoms with Gasteiger partial charge in [0, 0.05) is 28.4 Å². The van der Waals surface area contributed by atoms with Crippen LogP contribution in [0.4, 0.5) is 22.0 Å². The molecule has 13 heteroatoms. The molecule has 1 saturated carbocycles. The van der Waals surface area contributed by atoms with Gasteiger partial charge in [-0.1, -0.05) is 41.4 Å². The van der Waals surface area contributed by atoms with Crippen molar-refractivity contribution in [1.82, 2.24) is 14.7 Å². The minimum absolute atomic E-state index is 0.0186. The van der Waals surface area contributed by atoms with Crippen molar-refractivity contribution < 1.29 is 36.6 Å². The summed E-state index contributed by atoms with van der Waals surface area (Å²) in [6.45, 7) is -1.04. The summed E-state index contributed by atoms with van der Waals surface area (Å²) in [6.07, 6.45) is -4.95. The average molecular weight is 604 g/mol. The fourth-order valence-electron chi connectivity index (χ4n) is 4.83. The van der Waals surface area contributed by atoms with Gasteiger partial charge in [-0.05, 0) is 55.5 Å². The molecule has 1 unspecified atom stereocenters. The van der Waals surface area contributed by atoms with Gasteiger partial charge in [-0.2, -0.15) is 18.3 Å². The molecule has 1 amide bonds. The molecular formula is C27H24Cl2F5N3O3. The van der Waals surface area contributed by atoms with Gasteiger partial charge in [-0.25, -0.2) is 8.78 Å². The van der Waals surface area contributed by atoms with Gasteiger partial charge in [0.15, 0.2) is 5.69 Å². The number of carboxylic acids is 1. The predicted molar refractivity (Wildman–Crippen MR) is 137 cm³/mol. The number of amides is 1. The van der Waals surface area contributed by atoms with E-state index in [9.17, 15) is 32.3 Å². The third-order valence-electron chi connectivity index (χ3n) is 6.92. The van der Waals surface area contributed by atoms with E-state index in [-0.39, 0.29) is 47.8 Å². The van der Waals surface area contributed by atoms with Crippen LogP contribution in [0.3, 0.4) is 0 Å². The van der Waals surface area contributed by atoms with Crippen LogP contribution in [-0.2, 0) is 17.5 Å². The topological polar surface area (TPSA) is 75.4 Å². The molecule has 1 aliphatic carbocycles. The van der Waals surface area contributed by atoms with E-state index < -0.39 is 59.8 Å². The van der Waals surface area contributed by atoms with Crippen molar-refractivity contribution in [3.8, 4) is 0 Å². The first-order chi connectivity index (χ1) is 18.8. The Labute approximate surface area is 236 Å². The Morgan fingerprint density at radius 2 is 1.65 bits per heavy atom. The molecule has 0 radical (unpaired) electrons. The summed E-state index contributed by atoms with van der Waals surface area (Å²) in [5.41, 5.74) is -2.00. The standard InChI is InChI=1S/C27H24Cl2F5N3O3/c28-20-2-1-3-21(29)23(20)22(31)14-36(12-15-4-8-17(30)9-5-15)25(38)19-13-37(35-24(19)27(32,33)34)18-10-6-16(7-11-18)26(39)40/h1-5,8-9,13,16,18,22H,6-7,10-12,14H2,(H,39,40)/t16-,18-,22?. The van der Waals surface area contributed by atoms with Gasteiger partial charge in [-0.15, -0.1) is 0 Å². The highest BCUT2D eigenvalue weighted by Crippen LogP contribution is 2.37. The maximum atomic E-state index is 15.6. The van der Waals surface area contributed by atoms with Crippen LogP contribution in [0.15, 0.2) is 48.7 Å². The molecule has 6 nitrogen and oxygen atoms in total. The summed E-state index contributed by atoms with van der Waals surface area (Å²) in [7, 11) is 0. The highest BCUT2D eigenvalue weighted by Gasteiger charge is 2.41. The fourth-order valence-corrected chi connectivity index (χ4v) is 5.46. The molecule has 3 aromatic rings. The maximum absolute atomic E-state index is 15.6. The Kier molecular flexibility index (Phi) is 9.04. The predicted octanol–water partition coefficient (Wildman–Crippen LogP) is 7.52. The molecule has 0 aliphatic heterocycles. The second-order valence-electron chi connectivity index (χ2n) is 9.63. The van der Waals surface area contributed by atoms with E-state index in [0.29, 0.717) is 5.56 Å². The Balaban J connectivity index is 1.69. The number of hydrogen-bond acceptors (Lipinski definition) is 3. The molecule has 40 heavy (non-hydrogen) atoms. The average Bonchev–Trinajstić information content (AvgIpc) is 3.35. The van der Waals surface area contributed by atoms with Crippen LogP contribution in [0.5, 0.6) is 0 Å². The van der Waals surface area contributed by atoms with Crippen LogP contribution in [0, 0.1) is 11.7 Å². The van der Waals surface area contributed by atoms with Crippen molar-refractivity contribution in [1.29, 1.82) is 0 Å². The molecule has 1 N–H and O–H groups in total. The number of carbonyl (C=O) groups is 2. The maximum Gasteiger partial charge on any atom is 0.435 e. The zero-order chi connectivity index (χ0) is 29.2. The molecule has 0 bridgehead atoms. The first-order valence-corrected chi connectivity index (χ1v) is 13.1. The van der Waals surface area contributed by atoms with Crippen molar-refractivity contribution >= 4 is 35.1 Å². The number of carbonyl (C=O) groups excluding carboxylic acids is 1. The van der Waals surface area contributed by atoms with Crippen LogP contribution >= 0.6 is 23.2 Å². The molecule has 2 aromatic carbocycles. The number of aromatic nitrogens is 2. The number of hydrogen-bond donors (Lipinski definition) is 1. The Bertz CT molecular complexity index is 1350. The van der Waals surface area contributed by atoms with E-state index in [1.54, 1.807) is 0 Å². The summed E-state index contributed by atoms with van der Waals surface area (Å²) < 4.78 is 72.2. The minimum atomic E-state index is -5.00. The SMILES string of the molecule is O=C(c1cn([C@H]2CC[C@H](C(=O)O)CC2)nc1C(F)(F)F)N(Cc1ccc(F)cc1)CC(F)c1c(Cl)cccc1Cl. The van der Waals surface area contributed by atoms with Crippen molar-refractivity contribution in [2.75, 3.05) is 6.54 Å². The lowest BCUT2D eigenvalue weighted by atomic mass is 9.86. The molecule has 0 saturated heterocycles. The second-order valence-corrected chi connectivity index (χ2v) is 10.4. The molecule has 1 heterocycles. The number of aliphatic carboxylic acids is 1. The summed E-state index contributed by atoms with van der Waals surface area (Å²) in [6, 6.07) is 8.64. The van der Waals surface area contributed by atoms with Gasteiger partial charge >= 0.3 is 12.1 Å². The number of carboxylic acid groups (broad SMARTS) is 1. The van der Waals surface area contributed by atoms with Gasteiger partial charge in [0.2, 0.25) is 0 Å². The minimum Gasteiger partial charge on any atom is -0.481 e. The van der Waals surface area contributed by atoms with E-state index in [2.05, 4.69) is 5.10 Å². The highest BCUT2D eigenvalue weighted by molar-refractivity contribution is 6.36. The molecule has 214 valence electrons. The van der Waals surface area contributed by atoms with Gasteiger partial charge in [-0.3, -0.25) is 14.3 Å². The van der Waals surface area contributed by atoms with E-state index in [4.69, 9.17) is 23.2 Å². The van der Waals surface area contributed by atoms with E-state index in [1.165, 1.54) is 30.3 Å². The molecular weight excluding hydrogens is 580 g/mol. The van der Waals surface area contributed by atoms with Gasteiger partial charge in [0.1, 0.15) is 12.0 Å². The van der Waals surface area contributed by atoms with Crippen molar-refractivity contribution in [2.45, 2.75) is 50.6 Å². The first-order valence-electron chi connectivity index (χ1n) is 12.4. The van der Waals surface area contributed by atoms with Gasteiger partial charge in [0.25, 0.3) is 5.91 Å². The zero-order valence-corrected chi connectivity index (χ0v) is 22.4. The zero-order valence-electron chi connectivity index (χ0n) is 20.8. The van der Waals surface area contributed by atoms with Crippen LogP contribution in [0.1, 0.15) is 65.1 Å². The first kappa shape index (κ1) is 29.8. The lowest BCUT2D eigenvalue weighted by Gasteiger charge is -2.26. The third kappa shape index (κ3) is 6.75. The summed E-state index contributed by atoms with van der Waals surface area (Å²) in [5, 5.41) is 12.9. The lowest BCUT2D eigenvalue weighted by Crippen LogP contribution is -2.34. The highest BCUT2D eigenvalue weighted by atomic mass is 35.5. The molecule has 0 spiro atoms. The number of nitrogens with zero attached hydrogens (tertiary/aromatic N) is 3. The Morgan fingerprint density at radius 3 is 2.20 bits per heavy atom. The van der Waals surface area contributed by atoms with E-state index >= 15 is 4.39 Å². The van der Waals surface area contributed by atoms with Gasteiger partial charge < -0.3 is 10.0 Å². The Hall–Kier alpha value is -3.18. The second kappa shape index (κ2) is 12.1. The molecule has 1 aliphatic rings. The summed E-state index contributed by atoms with van der Waals surface area (Å²) >= 11 is 12.2. The number of benzene rings is 2. The van der Waals surface area contributed by atoms with Crippen LogP contribution in [0.2, 0.25) is 10.0 Å². The number of alkyl halides is 4. The lowest BCUT2D eigenvalue weighted by molar-refractivity contribution is -0.143.